The van der Waals surface area contributed by atoms with Crippen molar-refractivity contribution in [3.63, 3.8) is 0 Å². The number of carbonyl (C=O) groups excluding carboxylic acids is 1. The molecule has 1 aromatic heterocycles. The molecule has 1 rings (SSSR count). The van der Waals surface area contributed by atoms with Gasteiger partial charge in [-0.15, -0.1) is 0 Å². The van der Waals surface area contributed by atoms with Crippen LogP contribution in [0.2, 0.25) is 0 Å². The maximum atomic E-state index is 12.9. The molecule has 0 aromatic carbocycles. The fourth-order valence-electron chi connectivity index (χ4n) is 0.965. The number of ether oxygens (including phenoxy) is 1. The third-order valence-corrected chi connectivity index (χ3v) is 1.61. The van der Waals surface area contributed by atoms with Crippen LogP contribution in [0.4, 0.5) is 4.39 Å². The van der Waals surface area contributed by atoms with E-state index in [9.17, 15) is 9.18 Å². The van der Waals surface area contributed by atoms with Crippen LogP contribution >= 0.6 is 0 Å². The van der Waals surface area contributed by atoms with Gasteiger partial charge >= 0.3 is 5.97 Å². The van der Waals surface area contributed by atoms with E-state index in [1.54, 1.807) is 13.0 Å². The molecular formula is C9H10FNO2. The van der Waals surface area contributed by atoms with Gasteiger partial charge in [0.2, 0.25) is 5.95 Å². The second-order valence-corrected chi connectivity index (χ2v) is 2.72. The van der Waals surface area contributed by atoms with E-state index < -0.39 is 11.9 Å². The summed E-state index contributed by atoms with van der Waals surface area (Å²) in [6.07, 6.45) is 1.34. The van der Waals surface area contributed by atoms with Crippen LogP contribution in [-0.4, -0.2) is 18.1 Å². The molecule has 0 unspecified atom stereocenters. The molecule has 70 valence electrons. The largest absolute Gasteiger partial charge is 0.469 e. The molecule has 0 N–H and O–H groups in total. The minimum Gasteiger partial charge on any atom is -0.469 e. The molecular weight excluding hydrogens is 173 g/mol. The highest BCUT2D eigenvalue weighted by Crippen LogP contribution is 2.07. The van der Waals surface area contributed by atoms with E-state index in [0.717, 1.165) is 5.56 Å². The zero-order valence-corrected chi connectivity index (χ0v) is 7.50. The van der Waals surface area contributed by atoms with Gasteiger partial charge in [0.05, 0.1) is 13.5 Å². The van der Waals surface area contributed by atoms with Gasteiger partial charge in [-0.3, -0.25) is 4.79 Å². The Bertz CT molecular complexity index is 325. The molecule has 0 spiro atoms. The molecule has 1 aromatic rings. The maximum Gasteiger partial charge on any atom is 0.310 e. The number of rotatable bonds is 2. The molecule has 0 atom stereocenters. The molecule has 0 saturated heterocycles. The standard InChI is InChI=1S/C9H10FNO2/c1-6-3-7(4-8(12)13-2)9(10)11-5-6/h3,5H,4H2,1-2H3. The van der Waals surface area contributed by atoms with Crippen LogP contribution in [-0.2, 0) is 16.0 Å². The van der Waals surface area contributed by atoms with Crippen molar-refractivity contribution in [1.29, 1.82) is 0 Å². The van der Waals surface area contributed by atoms with Crippen molar-refractivity contribution in [3.8, 4) is 0 Å². The highest BCUT2D eigenvalue weighted by molar-refractivity contribution is 5.72. The molecule has 0 fully saturated rings. The third kappa shape index (κ3) is 2.50. The Morgan fingerprint density at radius 3 is 3.00 bits per heavy atom. The Morgan fingerprint density at radius 2 is 2.38 bits per heavy atom. The number of carbonyl (C=O) groups is 1. The van der Waals surface area contributed by atoms with Crippen LogP contribution in [0.25, 0.3) is 0 Å². The number of aryl methyl sites for hydroxylation is 1. The highest BCUT2D eigenvalue weighted by atomic mass is 19.1. The van der Waals surface area contributed by atoms with E-state index in [-0.39, 0.29) is 12.0 Å². The summed E-state index contributed by atoms with van der Waals surface area (Å²) < 4.78 is 17.4. The molecule has 1 heterocycles. The van der Waals surface area contributed by atoms with Crippen LogP contribution in [0.3, 0.4) is 0 Å². The Hall–Kier alpha value is -1.45. The minimum atomic E-state index is -0.615. The number of hydrogen-bond donors (Lipinski definition) is 0. The quantitative estimate of drug-likeness (QED) is 0.511. The summed E-state index contributed by atoms with van der Waals surface area (Å²) in [6, 6.07) is 1.58. The van der Waals surface area contributed by atoms with E-state index in [1.807, 2.05) is 0 Å². The van der Waals surface area contributed by atoms with Crippen LogP contribution in [0.5, 0.6) is 0 Å². The summed E-state index contributed by atoms with van der Waals surface area (Å²) in [5, 5.41) is 0. The third-order valence-electron chi connectivity index (χ3n) is 1.61. The second-order valence-electron chi connectivity index (χ2n) is 2.72. The Labute approximate surface area is 75.6 Å². The highest BCUT2D eigenvalue weighted by Gasteiger charge is 2.08. The van der Waals surface area contributed by atoms with Gasteiger partial charge in [-0.25, -0.2) is 4.98 Å². The van der Waals surface area contributed by atoms with Gasteiger partial charge in [-0.05, 0) is 18.6 Å². The topological polar surface area (TPSA) is 39.2 Å². The van der Waals surface area contributed by atoms with Crippen molar-refractivity contribution in [3.05, 3.63) is 29.3 Å². The smallest absolute Gasteiger partial charge is 0.310 e. The monoisotopic (exact) mass is 183 g/mol. The second kappa shape index (κ2) is 3.98. The van der Waals surface area contributed by atoms with Crippen molar-refractivity contribution in [2.45, 2.75) is 13.3 Å². The molecule has 0 aliphatic carbocycles. The average molecular weight is 183 g/mol. The lowest BCUT2D eigenvalue weighted by atomic mass is 10.1. The van der Waals surface area contributed by atoms with Crippen molar-refractivity contribution >= 4 is 5.97 Å². The number of pyridine rings is 1. The van der Waals surface area contributed by atoms with Gasteiger partial charge in [0, 0.05) is 11.8 Å². The van der Waals surface area contributed by atoms with E-state index in [0.29, 0.717) is 0 Å². The lowest BCUT2D eigenvalue weighted by molar-refractivity contribution is -0.139. The Balaban J connectivity index is 2.87. The van der Waals surface area contributed by atoms with Gasteiger partial charge in [-0.2, -0.15) is 4.39 Å². The summed E-state index contributed by atoms with van der Waals surface area (Å²) in [5.41, 5.74) is 1.09. The summed E-state index contributed by atoms with van der Waals surface area (Å²) in [7, 11) is 1.27. The van der Waals surface area contributed by atoms with E-state index in [2.05, 4.69) is 9.72 Å². The van der Waals surface area contributed by atoms with Crippen LogP contribution in [0, 0.1) is 12.9 Å². The van der Waals surface area contributed by atoms with Gasteiger partial charge < -0.3 is 4.74 Å². The molecule has 0 aliphatic heterocycles. The molecule has 0 aliphatic rings. The molecule has 0 amide bonds. The normalized spacial score (nSPS) is 9.77. The zero-order chi connectivity index (χ0) is 9.84. The Kier molecular flexibility index (Phi) is 2.95. The van der Waals surface area contributed by atoms with Gasteiger partial charge in [0.25, 0.3) is 0 Å². The predicted octanol–water partition coefficient (Wildman–Crippen LogP) is 1.24. The summed E-state index contributed by atoms with van der Waals surface area (Å²) in [5.74, 6) is -1.08. The van der Waals surface area contributed by atoms with E-state index in [4.69, 9.17) is 0 Å². The lowest BCUT2D eigenvalue weighted by Gasteiger charge is -2.01. The molecule has 3 nitrogen and oxygen atoms in total. The number of esters is 1. The van der Waals surface area contributed by atoms with Crippen LogP contribution < -0.4 is 0 Å². The van der Waals surface area contributed by atoms with Crippen molar-refractivity contribution in [1.82, 2.24) is 4.98 Å². The maximum absolute atomic E-state index is 12.9. The molecule has 0 saturated carbocycles. The zero-order valence-electron chi connectivity index (χ0n) is 7.50. The van der Waals surface area contributed by atoms with Gasteiger partial charge in [0.1, 0.15) is 0 Å². The first-order valence-electron chi connectivity index (χ1n) is 3.81. The molecule has 0 radical (unpaired) electrons. The van der Waals surface area contributed by atoms with Gasteiger partial charge in [-0.1, -0.05) is 0 Å². The molecule has 0 bridgehead atoms. The fourth-order valence-corrected chi connectivity index (χ4v) is 0.965. The minimum absolute atomic E-state index is 0.0724. The number of aromatic nitrogens is 1. The summed E-state index contributed by atoms with van der Waals surface area (Å²) in [4.78, 5) is 14.3. The van der Waals surface area contributed by atoms with E-state index >= 15 is 0 Å². The van der Waals surface area contributed by atoms with Crippen molar-refractivity contribution in [2.24, 2.45) is 0 Å². The predicted molar refractivity (Wildman–Crippen MR) is 44.7 cm³/mol. The molecule has 4 heteroatoms. The number of halogens is 1. The van der Waals surface area contributed by atoms with Crippen molar-refractivity contribution in [2.75, 3.05) is 7.11 Å². The van der Waals surface area contributed by atoms with Crippen LogP contribution in [0.15, 0.2) is 12.3 Å². The Morgan fingerprint density at radius 1 is 1.69 bits per heavy atom. The number of nitrogens with zero attached hydrogens (tertiary/aromatic N) is 1. The first-order valence-corrected chi connectivity index (χ1v) is 3.81. The SMILES string of the molecule is COC(=O)Cc1cc(C)cnc1F. The summed E-state index contributed by atoms with van der Waals surface area (Å²) in [6.45, 7) is 1.78. The van der Waals surface area contributed by atoms with Gasteiger partial charge in [0.15, 0.2) is 0 Å². The lowest BCUT2D eigenvalue weighted by Crippen LogP contribution is -2.07. The first-order chi connectivity index (χ1) is 6.13. The van der Waals surface area contributed by atoms with Crippen molar-refractivity contribution < 1.29 is 13.9 Å². The average Bonchev–Trinajstić information content (AvgIpc) is 2.11. The van der Waals surface area contributed by atoms with Crippen LogP contribution in [0.1, 0.15) is 11.1 Å². The first kappa shape index (κ1) is 9.64. The number of hydrogen-bond acceptors (Lipinski definition) is 3. The fraction of sp³-hybridized carbons (Fsp3) is 0.333. The van der Waals surface area contributed by atoms with E-state index in [1.165, 1.54) is 13.3 Å². The number of methoxy groups -OCH3 is 1. The molecule has 13 heavy (non-hydrogen) atoms. The summed E-state index contributed by atoms with van der Waals surface area (Å²) >= 11 is 0.